The van der Waals surface area contributed by atoms with Gasteiger partial charge in [0.1, 0.15) is 11.4 Å². The zero-order valence-corrected chi connectivity index (χ0v) is 12.2. The quantitative estimate of drug-likeness (QED) is 0.809. The number of hydrogen-bond acceptors (Lipinski definition) is 5. The lowest BCUT2D eigenvalue weighted by Crippen LogP contribution is -2.49. The molecule has 110 valence electrons. The van der Waals surface area contributed by atoms with Crippen LogP contribution in [0.5, 0.6) is 5.75 Å². The van der Waals surface area contributed by atoms with Crippen LogP contribution in [0.25, 0.3) is 0 Å². The van der Waals surface area contributed by atoms with Crippen LogP contribution in [0.3, 0.4) is 0 Å². The Hall–Kier alpha value is -1.11. The zero-order valence-electron chi connectivity index (χ0n) is 11.4. The van der Waals surface area contributed by atoms with E-state index < -0.39 is 15.9 Å². The summed E-state index contributed by atoms with van der Waals surface area (Å²) in [4.78, 5) is 0.222. The molecule has 0 aliphatic carbocycles. The van der Waals surface area contributed by atoms with Crippen LogP contribution in [-0.2, 0) is 9.84 Å². The summed E-state index contributed by atoms with van der Waals surface area (Å²) in [5, 5.41) is 13.7. The van der Waals surface area contributed by atoms with Crippen molar-refractivity contribution in [3.05, 3.63) is 23.8 Å². The van der Waals surface area contributed by atoms with E-state index in [0.29, 0.717) is 17.7 Å². The molecule has 0 amide bonds. The molecule has 1 saturated heterocycles. The van der Waals surface area contributed by atoms with Crippen LogP contribution in [0, 0.1) is 0 Å². The number of piperidine rings is 1. The van der Waals surface area contributed by atoms with Crippen molar-refractivity contribution in [1.29, 1.82) is 0 Å². The molecule has 0 saturated carbocycles. The molecule has 2 aliphatic heterocycles. The van der Waals surface area contributed by atoms with Gasteiger partial charge in [-0.1, -0.05) is 0 Å². The third-order valence-corrected chi connectivity index (χ3v) is 5.29. The van der Waals surface area contributed by atoms with Crippen LogP contribution >= 0.6 is 0 Å². The average molecular weight is 297 g/mol. The van der Waals surface area contributed by atoms with Crippen LogP contribution < -0.4 is 10.1 Å². The molecule has 3 rings (SSSR count). The summed E-state index contributed by atoms with van der Waals surface area (Å²) in [5.41, 5.74) is 0.265. The summed E-state index contributed by atoms with van der Waals surface area (Å²) in [6.45, 7) is 1.76. The van der Waals surface area contributed by atoms with Gasteiger partial charge >= 0.3 is 0 Å². The van der Waals surface area contributed by atoms with E-state index in [4.69, 9.17) is 4.74 Å². The minimum absolute atomic E-state index is 0.222. The fourth-order valence-corrected chi connectivity index (χ4v) is 3.69. The molecule has 1 aromatic rings. The van der Waals surface area contributed by atoms with Crippen molar-refractivity contribution in [3.63, 3.8) is 0 Å². The summed E-state index contributed by atoms with van der Waals surface area (Å²) in [5.74, 6) is 0.609. The van der Waals surface area contributed by atoms with Crippen molar-refractivity contribution in [2.45, 2.75) is 35.9 Å². The van der Waals surface area contributed by atoms with Gasteiger partial charge in [-0.15, -0.1) is 0 Å². The van der Waals surface area contributed by atoms with E-state index in [-0.39, 0.29) is 10.5 Å². The summed E-state index contributed by atoms with van der Waals surface area (Å²) in [6, 6.07) is 4.74. The first-order valence-corrected chi connectivity index (χ1v) is 8.71. The standard InChI is InChI=1S/C14H19NO4S/c1-20(17,18)10-2-3-13-11(8-10)12(16)9-14(19-13)4-6-15-7-5-14/h2-3,8,12,15-16H,4-7,9H2,1H3. The first-order chi connectivity index (χ1) is 9.40. The molecule has 1 fully saturated rings. The van der Waals surface area contributed by atoms with Crippen molar-refractivity contribution < 1.29 is 18.3 Å². The van der Waals surface area contributed by atoms with Gasteiger partial charge in [-0.3, -0.25) is 0 Å². The first-order valence-electron chi connectivity index (χ1n) is 6.81. The molecule has 1 spiro atoms. The first kappa shape index (κ1) is 13.9. The summed E-state index contributed by atoms with van der Waals surface area (Å²) in [7, 11) is -3.27. The SMILES string of the molecule is CS(=O)(=O)c1ccc2c(c1)C(O)CC1(CCNCC1)O2. The number of benzene rings is 1. The maximum Gasteiger partial charge on any atom is 0.175 e. The predicted molar refractivity (Wildman–Crippen MR) is 74.6 cm³/mol. The van der Waals surface area contributed by atoms with Gasteiger partial charge in [0.05, 0.1) is 11.0 Å². The Bertz CT molecular complexity index is 620. The van der Waals surface area contributed by atoms with E-state index in [0.717, 1.165) is 25.9 Å². The van der Waals surface area contributed by atoms with Gasteiger partial charge in [0.2, 0.25) is 0 Å². The molecule has 0 aromatic heterocycles. The molecule has 6 heteroatoms. The van der Waals surface area contributed by atoms with Crippen LogP contribution in [0.15, 0.2) is 23.1 Å². The molecule has 0 bridgehead atoms. The Kier molecular flexibility index (Phi) is 3.27. The van der Waals surface area contributed by atoms with Crippen molar-refractivity contribution in [3.8, 4) is 5.75 Å². The fraction of sp³-hybridized carbons (Fsp3) is 0.571. The minimum atomic E-state index is -3.27. The van der Waals surface area contributed by atoms with Crippen LogP contribution in [0.2, 0.25) is 0 Å². The molecule has 2 aliphatic rings. The number of aliphatic hydroxyl groups is 1. The molecule has 1 aromatic carbocycles. The Morgan fingerprint density at radius 1 is 1.35 bits per heavy atom. The lowest BCUT2D eigenvalue weighted by atomic mass is 9.82. The van der Waals surface area contributed by atoms with E-state index in [1.807, 2.05) is 0 Å². The Morgan fingerprint density at radius 3 is 2.70 bits per heavy atom. The zero-order chi connectivity index (χ0) is 14.4. The number of fused-ring (bicyclic) bond motifs is 1. The Balaban J connectivity index is 1.98. The van der Waals surface area contributed by atoms with Crippen LogP contribution in [0.4, 0.5) is 0 Å². The summed E-state index contributed by atoms with van der Waals surface area (Å²) in [6.07, 6.45) is 2.74. The van der Waals surface area contributed by atoms with E-state index in [2.05, 4.69) is 5.32 Å². The van der Waals surface area contributed by atoms with Gasteiger partial charge in [0.15, 0.2) is 9.84 Å². The van der Waals surface area contributed by atoms with Crippen LogP contribution in [0.1, 0.15) is 30.9 Å². The van der Waals surface area contributed by atoms with E-state index in [1.54, 1.807) is 12.1 Å². The third-order valence-electron chi connectivity index (χ3n) is 4.18. The summed E-state index contributed by atoms with van der Waals surface area (Å²) >= 11 is 0. The van der Waals surface area contributed by atoms with Crippen molar-refractivity contribution in [2.75, 3.05) is 19.3 Å². The van der Waals surface area contributed by atoms with Gasteiger partial charge in [0, 0.05) is 18.2 Å². The number of ether oxygens (including phenoxy) is 1. The third kappa shape index (κ3) is 2.43. The predicted octanol–water partition coefficient (Wildman–Crippen LogP) is 1.03. The second-order valence-electron chi connectivity index (χ2n) is 5.73. The molecule has 0 radical (unpaired) electrons. The van der Waals surface area contributed by atoms with Gasteiger partial charge in [-0.05, 0) is 44.1 Å². The van der Waals surface area contributed by atoms with Gasteiger partial charge < -0.3 is 15.2 Å². The fourth-order valence-electron chi connectivity index (χ4n) is 3.04. The molecule has 2 N–H and O–H groups in total. The highest BCUT2D eigenvalue weighted by molar-refractivity contribution is 7.90. The molecular weight excluding hydrogens is 278 g/mol. The maximum absolute atomic E-state index is 11.6. The van der Waals surface area contributed by atoms with E-state index in [9.17, 15) is 13.5 Å². The average Bonchev–Trinajstić information content (AvgIpc) is 2.38. The lowest BCUT2D eigenvalue weighted by molar-refractivity contribution is -0.0338. The molecule has 5 nitrogen and oxygen atoms in total. The molecule has 1 atom stereocenters. The molecular formula is C14H19NO4S. The number of hydrogen-bond donors (Lipinski definition) is 2. The second kappa shape index (κ2) is 4.72. The number of rotatable bonds is 1. The monoisotopic (exact) mass is 297 g/mol. The second-order valence-corrected chi connectivity index (χ2v) is 7.74. The highest BCUT2D eigenvalue weighted by Gasteiger charge is 2.41. The van der Waals surface area contributed by atoms with Gasteiger partial charge in [-0.25, -0.2) is 8.42 Å². The number of aliphatic hydroxyl groups excluding tert-OH is 1. The largest absolute Gasteiger partial charge is 0.487 e. The van der Waals surface area contributed by atoms with Crippen molar-refractivity contribution >= 4 is 9.84 Å². The number of sulfone groups is 1. The normalized spacial score (nSPS) is 25.0. The Labute approximate surface area is 118 Å². The lowest BCUT2D eigenvalue weighted by Gasteiger charge is -2.43. The Morgan fingerprint density at radius 2 is 2.05 bits per heavy atom. The minimum Gasteiger partial charge on any atom is -0.487 e. The van der Waals surface area contributed by atoms with Gasteiger partial charge in [0.25, 0.3) is 0 Å². The van der Waals surface area contributed by atoms with Crippen molar-refractivity contribution in [2.24, 2.45) is 0 Å². The van der Waals surface area contributed by atoms with Crippen LogP contribution in [-0.4, -0.2) is 38.5 Å². The van der Waals surface area contributed by atoms with E-state index in [1.165, 1.54) is 12.3 Å². The van der Waals surface area contributed by atoms with E-state index >= 15 is 0 Å². The van der Waals surface area contributed by atoms with Gasteiger partial charge in [-0.2, -0.15) is 0 Å². The molecule has 2 heterocycles. The highest BCUT2D eigenvalue weighted by atomic mass is 32.2. The topological polar surface area (TPSA) is 75.6 Å². The highest BCUT2D eigenvalue weighted by Crippen LogP contribution is 2.44. The summed E-state index contributed by atoms with van der Waals surface area (Å²) < 4.78 is 29.3. The molecule has 1 unspecified atom stereocenters. The smallest absolute Gasteiger partial charge is 0.175 e. The number of nitrogens with one attached hydrogen (secondary N) is 1. The van der Waals surface area contributed by atoms with Crippen molar-refractivity contribution in [1.82, 2.24) is 5.32 Å². The molecule has 20 heavy (non-hydrogen) atoms. The maximum atomic E-state index is 11.6.